The van der Waals surface area contributed by atoms with Crippen molar-refractivity contribution in [3.8, 4) is 0 Å². The van der Waals surface area contributed by atoms with E-state index in [1.165, 1.54) is 6.42 Å². The first-order valence-electron chi connectivity index (χ1n) is 13.7. The van der Waals surface area contributed by atoms with E-state index in [1.807, 2.05) is 27.7 Å². The number of alkyl halides is 2. The Morgan fingerprint density at radius 1 is 0.727 bits per heavy atom. The van der Waals surface area contributed by atoms with Crippen LogP contribution in [0.2, 0.25) is 0 Å². The van der Waals surface area contributed by atoms with E-state index in [2.05, 4.69) is 60.3 Å². The van der Waals surface area contributed by atoms with Crippen LogP contribution in [-0.2, 0) is 4.74 Å². The molecule has 1 aliphatic heterocycles. The minimum absolute atomic E-state index is 0.134. The Morgan fingerprint density at radius 3 is 1.42 bits per heavy atom. The first-order valence-corrected chi connectivity index (χ1v) is 13.7. The monoisotopic (exact) mass is 477 g/mol. The van der Waals surface area contributed by atoms with Crippen LogP contribution in [0.5, 0.6) is 0 Å². The van der Waals surface area contributed by atoms with Gasteiger partial charge < -0.3 is 4.74 Å². The maximum absolute atomic E-state index is 13.5. The van der Waals surface area contributed by atoms with Gasteiger partial charge in [0.05, 0.1) is 13.2 Å². The SMILES string of the molecule is CC(C)CC(C(C)C)N1CCOCC1.CC(C)CC(C)(F)C(C)C.CC(C)CC(F)C(C)C. The van der Waals surface area contributed by atoms with Gasteiger partial charge >= 0.3 is 0 Å². The maximum Gasteiger partial charge on any atom is 0.110 e. The molecule has 1 fully saturated rings. The van der Waals surface area contributed by atoms with Crippen LogP contribution >= 0.6 is 0 Å². The molecule has 3 unspecified atom stereocenters. The molecule has 1 rings (SSSR count). The van der Waals surface area contributed by atoms with Crippen LogP contribution in [0.1, 0.15) is 109 Å². The van der Waals surface area contributed by atoms with E-state index < -0.39 is 11.8 Å². The van der Waals surface area contributed by atoms with Gasteiger partial charge in [0.1, 0.15) is 11.8 Å². The van der Waals surface area contributed by atoms with Crippen LogP contribution < -0.4 is 0 Å². The molecule has 1 heterocycles. The van der Waals surface area contributed by atoms with Gasteiger partial charge in [0.15, 0.2) is 0 Å². The lowest BCUT2D eigenvalue weighted by molar-refractivity contribution is 0.00121. The van der Waals surface area contributed by atoms with Gasteiger partial charge in [-0.3, -0.25) is 4.90 Å². The highest BCUT2D eigenvalue weighted by atomic mass is 19.1. The third-order valence-corrected chi connectivity index (χ3v) is 6.43. The molecule has 0 bridgehead atoms. The Labute approximate surface area is 207 Å². The summed E-state index contributed by atoms with van der Waals surface area (Å²) in [5.74, 6) is 2.82. The van der Waals surface area contributed by atoms with Crippen LogP contribution in [0.25, 0.3) is 0 Å². The molecule has 3 atom stereocenters. The predicted octanol–water partition coefficient (Wildman–Crippen LogP) is 8.83. The molecule has 2 nitrogen and oxygen atoms in total. The summed E-state index contributed by atoms with van der Waals surface area (Å²) in [4.78, 5) is 2.61. The van der Waals surface area contributed by atoms with Crippen molar-refractivity contribution in [3.05, 3.63) is 0 Å². The molecule has 1 saturated heterocycles. The van der Waals surface area contributed by atoms with Gasteiger partial charge in [-0.25, -0.2) is 8.78 Å². The molecule has 0 saturated carbocycles. The molecule has 0 aromatic rings. The summed E-state index contributed by atoms with van der Waals surface area (Å²) in [6.07, 6.45) is 2.09. The van der Waals surface area contributed by atoms with Crippen LogP contribution in [0, 0.1) is 35.5 Å². The van der Waals surface area contributed by atoms with Gasteiger partial charge in [0.2, 0.25) is 0 Å². The highest BCUT2D eigenvalue weighted by Gasteiger charge is 2.28. The molecule has 202 valence electrons. The third kappa shape index (κ3) is 18.7. The van der Waals surface area contributed by atoms with Crippen molar-refractivity contribution < 1.29 is 13.5 Å². The fourth-order valence-electron chi connectivity index (χ4n) is 3.99. The van der Waals surface area contributed by atoms with Crippen molar-refractivity contribution in [2.75, 3.05) is 26.3 Å². The second-order valence-electron chi connectivity index (χ2n) is 12.5. The minimum atomic E-state index is -0.978. The van der Waals surface area contributed by atoms with E-state index in [9.17, 15) is 8.78 Å². The lowest BCUT2D eigenvalue weighted by Gasteiger charge is -2.37. The molecule has 1 aliphatic rings. The first kappa shape index (κ1) is 34.9. The van der Waals surface area contributed by atoms with Crippen LogP contribution in [0.3, 0.4) is 0 Å². The fourth-order valence-corrected chi connectivity index (χ4v) is 3.99. The van der Waals surface area contributed by atoms with Crippen molar-refractivity contribution in [1.29, 1.82) is 0 Å². The van der Waals surface area contributed by atoms with Gasteiger partial charge in [-0.15, -0.1) is 0 Å². The second-order valence-corrected chi connectivity index (χ2v) is 12.5. The summed E-state index contributed by atoms with van der Waals surface area (Å²) in [5, 5.41) is 0. The quantitative estimate of drug-likeness (QED) is 0.311. The van der Waals surface area contributed by atoms with Crippen LogP contribution in [0.15, 0.2) is 0 Å². The lowest BCUT2D eigenvalue weighted by Crippen LogP contribution is -2.46. The molecule has 0 aromatic heterocycles. The summed E-state index contributed by atoms with van der Waals surface area (Å²) < 4.78 is 31.6. The number of ether oxygens (including phenoxy) is 1. The average molecular weight is 478 g/mol. The zero-order valence-electron chi connectivity index (χ0n) is 24.7. The predicted molar refractivity (Wildman–Crippen MR) is 143 cm³/mol. The minimum Gasteiger partial charge on any atom is -0.379 e. The van der Waals surface area contributed by atoms with Gasteiger partial charge in [0.25, 0.3) is 0 Å². The maximum atomic E-state index is 13.5. The topological polar surface area (TPSA) is 12.5 Å². The first-order chi connectivity index (χ1) is 15.0. The lowest BCUT2D eigenvalue weighted by atomic mass is 9.86. The van der Waals surface area contributed by atoms with Crippen LogP contribution in [-0.4, -0.2) is 49.1 Å². The molecule has 0 aromatic carbocycles. The van der Waals surface area contributed by atoms with E-state index >= 15 is 0 Å². The highest BCUT2D eigenvalue weighted by molar-refractivity contribution is 4.78. The molecule has 0 amide bonds. The Bertz CT molecular complexity index is 441. The van der Waals surface area contributed by atoms with Crippen molar-refractivity contribution in [2.24, 2.45) is 35.5 Å². The van der Waals surface area contributed by atoms with Gasteiger partial charge in [-0.1, -0.05) is 83.1 Å². The number of hydrogen-bond acceptors (Lipinski definition) is 2. The van der Waals surface area contributed by atoms with Gasteiger partial charge in [-0.2, -0.15) is 0 Å². The third-order valence-electron chi connectivity index (χ3n) is 6.43. The van der Waals surface area contributed by atoms with E-state index in [0.29, 0.717) is 24.7 Å². The average Bonchev–Trinajstić information content (AvgIpc) is 2.66. The molecular weight excluding hydrogens is 416 g/mol. The van der Waals surface area contributed by atoms with E-state index in [-0.39, 0.29) is 11.8 Å². The highest BCUT2D eigenvalue weighted by Crippen LogP contribution is 2.28. The molecule has 33 heavy (non-hydrogen) atoms. The zero-order valence-corrected chi connectivity index (χ0v) is 24.7. The molecule has 0 aliphatic carbocycles. The van der Waals surface area contributed by atoms with E-state index in [1.54, 1.807) is 6.92 Å². The number of halogens is 2. The van der Waals surface area contributed by atoms with Crippen LogP contribution in [0.4, 0.5) is 8.78 Å². The van der Waals surface area contributed by atoms with Gasteiger partial charge in [0, 0.05) is 19.1 Å². The Morgan fingerprint density at radius 2 is 1.18 bits per heavy atom. The van der Waals surface area contributed by atoms with Crippen molar-refractivity contribution in [2.45, 2.75) is 127 Å². The van der Waals surface area contributed by atoms with Gasteiger partial charge in [-0.05, 0) is 61.7 Å². The van der Waals surface area contributed by atoms with Crippen molar-refractivity contribution in [1.82, 2.24) is 4.90 Å². The Kier molecular flexibility index (Phi) is 19.2. The largest absolute Gasteiger partial charge is 0.379 e. The normalized spacial score (nSPS) is 18.8. The summed E-state index contributed by atoms with van der Waals surface area (Å²) in [7, 11) is 0. The molecular formula is C29H61F2NO. The number of nitrogens with zero attached hydrogens (tertiary/aromatic N) is 1. The zero-order chi connectivity index (χ0) is 26.4. The number of hydrogen-bond donors (Lipinski definition) is 0. The van der Waals surface area contributed by atoms with Crippen molar-refractivity contribution >= 4 is 0 Å². The Balaban J connectivity index is 0. The molecule has 0 spiro atoms. The standard InChI is InChI=1S/C12H25NO.C9H19F.C8H17F/c1-10(2)9-12(11(3)4)13-5-7-14-8-6-13;1-7(2)6-9(5,10)8(3)4;1-6(2)5-8(9)7(3)4/h10-12H,5-9H2,1-4H3;7-8H,6H2,1-5H3;6-8H,5H2,1-4H3. The molecule has 0 radical (unpaired) electrons. The summed E-state index contributed by atoms with van der Waals surface area (Å²) in [6, 6.07) is 0.749. The Hall–Kier alpha value is -0.220. The van der Waals surface area contributed by atoms with E-state index in [4.69, 9.17) is 4.74 Å². The van der Waals surface area contributed by atoms with E-state index in [0.717, 1.165) is 44.2 Å². The summed E-state index contributed by atoms with van der Waals surface area (Å²) in [5.41, 5.74) is -0.978. The summed E-state index contributed by atoms with van der Waals surface area (Å²) in [6.45, 7) is 31.0. The summed E-state index contributed by atoms with van der Waals surface area (Å²) >= 11 is 0. The fraction of sp³-hybridized carbons (Fsp3) is 1.00. The second kappa shape index (κ2) is 18.1. The molecule has 0 N–H and O–H groups in total. The smallest absolute Gasteiger partial charge is 0.110 e. The number of rotatable bonds is 10. The number of morpholine rings is 1. The molecule has 4 heteroatoms. The van der Waals surface area contributed by atoms with Crippen molar-refractivity contribution in [3.63, 3.8) is 0 Å².